The molecule has 3 heteroatoms. The summed E-state index contributed by atoms with van der Waals surface area (Å²) in [5.74, 6) is 1.73. The average molecular weight is 268 g/mol. The molecule has 1 saturated carbocycles. The topological polar surface area (TPSA) is 55.1 Å². The zero-order valence-electron chi connectivity index (χ0n) is 12.8. The van der Waals surface area contributed by atoms with Crippen molar-refractivity contribution in [2.75, 3.05) is 13.6 Å². The predicted octanol–water partition coefficient (Wildman–Crippen LogP) is 2.88. The van der Waals surface area contributed by atoms with Crippen molar-refractivity contribution < 1.29 is 4.79 Å². The van der Waals surface area contributed by atoms with Crippen LogP contribution in [-0.4, -0.2) is 25.4 Å². The summed E-state index contributed by atoms with van der Waals surface area (Å²) < 4.78 is 0. The van der Waals surface area contributed by atoms with Crippen molar-refractivity contribution in [2.45, 2.75) is 70.8 Å². The van der Waals surface area contributed by atoms with E-state index in [1.165, 1.54) is 32.1 Å². The van der Waals surface area contributed by atoms with E-state index >= 15 is 0 Å². The van der Waals surface area contributed by atoms with Crippen molar-refractivity contribution in [3.05, 3.63) is 0 Å². The third-order valence-electron chi connectivity index (χ3n) is 4.66. The van der Waals surface area contributed by atoms with E-state index < -0.39 is 0 Å². The van der Waals surface area contributed by atoms with Crippen LogP contribution < -0.4 is 11.1 Å². The van der Waals surface area contributed by atoms with E-state index in [0.717, 1.165) is 38.1 Å². The molecule has 1 fully saturated rings. The van der Waals surface area contributed by atoms with Gasteiger partial charge in [0, 0.05) is 6.42 Å². The standard InChI is InChI=1S/C16H32N2O/c1-13(14-8-4-3-5-9-14)12-16(19)15(18-2)10-6-7-11-17/h13-15,18H,3-12,17H2,1-2H3/t13?,15-/m0/s1. The van der Waals surface area contributed by atoms with Gasteiger partial charge in [-0.1, -0.05) is 45.4 Å². The summed E-state index contributed by atoms with van der Waals surface area (Å²) in [4.78, 5) is 12.3. The molecule has 1 unspecified atom stereocenters. The Balaban J connectivity index is 2.33. The first-order chi connectivity index (χ1) is 9.19. The van der Waals surface area contributed by atoms with Crippen LogP contribution in [0.4, 0.5) is 0 Å². The van der Waals surface area contributed by atoms with Gasteiger partial charge in [-0.25, -0.2) is 0 Å². The molecule has 0 aromatic rings. The number of ketones is 1. The maximum Gasteiger partial charge on any atom is 0.150 e. The summed E-state index contributed by atoms with van der Waals surface area (Å²) in [7, 11) is 1.90. The maximum atomic E-state index is 12.3. The molecule has 1 aliphatic rings. The molecule has 0 radical (unpaired) electrons. The lowest BCUT2D eigenvalue weighted by molar-refractivity contribution is -0.122. The third-order valence-corrected chi connectivity index (χ3v) is 4.66. The molecule has 112 valence electrons. The molecule has 3 nitrogen and oxygen atoms in total. The van der Waals surface area contributed by atoms with Crippen LogP contribution in [0.1, 0.15) is 64.7 Å². The first kappa shape index (κ1) is 16.6. The van der Waals surface area contributed by atoms with E-state index in [1.807, 2.05) is 7.05 Å². The van der Waals surface area contributed by atoms with Gasteiger partial charge in [0.1, 0.15) is 5.78 Å². The van der Waals surface area contributed by atoms with Gasteiger partial charge in [0.2, 0.25) is 0 Å². The quantitative estimate of drug-likeness (QED) is 0.632. The zero-order chi connectivity index (χ0) is 14.1. The van der Waals surface area contributed by atoms with Crippen molar-refractivity contribution >= 4 is 5.78 Å². The summed E-state index contributed by atoms with van der Waals surface area (Å²) in [5.41, 5.74) is 5.51. The van der Waals surface area contributed by atoms with Gasteiger partial charge in [0.05, 0.1) is 6.04 Å². The summed E-state index contributed by atoms with van der Waals surface area (Å²) in [6, 6.07) is 0.0394. The highest BCUT2D eigenvalue weighted by Crippen LogP contribution is 2.31. The van der Waals surface area contributed by atoms with Crippen LogP contribution in [0, 0.1) is 11.8 Å². The van der Waals surface area contributed by atoms with E-state index in [-0.39, 0.29) is 6.04 Å². The Hall–Kier alpha value is -0.410. The second-order valence-electron chi connectivity index (χ2n) is 6.17. The molecule has 0 amide bonds. The molecular weight excluding hydrogens is 236 g/mol. The molecule has 1 rings (SSSR count). The Labute approximate surface area is 118 Å². The van der Waals surface area contributed by atoms with Crippen LogP contribution in [0.2, 0.25) is 0 Å². The van der Waals surface area contributed by atoms with Crippen LogP contribution in [0.15, 0.2) is 0 Å². The number of nitrogens with one attached hydrogen (secondary N) is 1. The fourth-order valence-electron chi connectivity index (χ4n) is 3.29. The van der Waals surface area contributed by atoms with Gasteiger partial charge in [-0.2, -0.15) is 0 Å². The van der Waals surface area contributed by atoms with Crippen LogP contribution in [0.5, 0.6) is 0 Å². The fourth-order valence-corrected chi connectivity index (χ4v) is 3.29. The largest absolute Gasteiger partial charge is 0.330 e. The molecule has 0 aromatic heterocycles. The molecule has 0 heterocycles. The number of unbranched alkanes of at least 4 members (excludes halogenated alkanes) is 1. The highest BCUT2D eigenvalue weighted by atomic mass is 16.1. The zero-order valence-corrected chi connectivity index (χ0v) is 12.8. The lowest BCUT2D eigenvalue weighted by Gasteiger charge is -2.28. The van der Waals surface area contributed by atoms with Gasteiger partial charge in [-0.3, -0.25) is 4.79 Å². The Bertz CT molecular complexity index is 249. The molecule has 0 saturated heterocycles. The van der Waals surface area contributed by atoms with E-state index in [2.05, 4.69) is 12.2 Å². The minimum Gasteiger partial charge on any atom is -0.330 e. The number of likely N-dealkylation sites (N-methyl/N-ethyl adjacent to an activating group) is 1. The van der Waals surface area contributed by atoms with Crippen LogP contribution in [-0.2, 0) is 4.79 Å². The number of carbonyl (C=O) groups excluding carboxylic acids is 1. The van der Waals surface area contributed by atoms with Gasteiger partial charge in [0.25, 0.3) is 0 Å². The smallest absolute Gasteiger partial charge is 0.150 e. The number of nitrogens with two attached hydrogens (primary N) is 1. The Kier molecular flexibility index (Phi) is 8.31. The minimum atomic E-state index is 0.0394. The molecule has 0 aliphatic heterocycles. The van der Waals surface area contributed by atoms with Crippen LogP contribution >= 0.6 is 0 Å². The monoisotopic (exact) mass is 268 g/mol. The molecule has 3 N–H and O–H groups in total. The van der Waals surface area contributed by atoms with E-state index in [0.29, 0.717) is 11.7 Å². The first-order valence-electron chi connectivity index (χ1n) is 8.09. The van der Waals surface area contributed by atoms with Crippen molar-refractivity contribution in [1.82, 2.24) is 5.32 Å². The number of carbonyl (C=O) groups is 1. The van der Waals surface area contributed by atoms with Crippen molar-refractivity contribution in [3.8, 4) is 0 Å². The molecule has 0 aromatic carbocycles. The normalized spacial score (nSPS) is 20.2. The number of rotatable bonds is 9. The predicted molar refractivity (Wildman–Crippen MR) is 81.1 cm³/mol. The highest BCUT2D eigenvalue weighted by molar-refractivity contribution is 5.84. The second kappa shape index (κ2) is 9.49. The summed E-state index contributed by atoms with van der Waals surface area (Å²) in [5, 5.41) is 3.18. The molecule has 1 aliphatic carbocycles. The van der Waals surface area contributed by atoms with Gasteiger partial charge < -0.3 is 11.1 Å². The van der Waals surface area contributed by atoms with Crippen molar-refractivity contribution in [1.29, 1.82) is 0 Å². The van der Waals surface area contributed by atoms with Crippen molar-refractivity contribution in [3.63, 3.8) is 0 Å². The SMILES string of the molecule is CN[C@@H](CCCCN)C(=O)CC(C)C1CCCCC1. The lowest BCUT2D eigenvalue weighted by atomic mass is 9.78. The van der Waals surface area contributed by atoms with E-state index in [1.54, 1.807) is 0 Å². The maximum absolute atomic E-state index is 12.3. The number of Topliss-reactive ketones (excluding diaryl/α,β-unsaturated/α-hetero) is 1. The lowest BCUT2D eigenvalue weighted by Crippen LogP contribution is -2.35. The van der Waals surface area contributed by atoms with Crippen LogP contribution in [0.3, 0.4) is 0 Å². The molecule has 0 bridgehead atoms. The Morgan fingerprint density at radius 3 is 2.53 bits per heavy atom. The first-order valence-corrected chi connectivity index (χ1v) is 8.09. The summed E-state index contributed by atoms with van der Waals surface area (Å²) >= 11 is 0. The van der Waals surface area contributed by atoms with Gasteiger partial charge in [-0.15, -0.1) is 0 Å². The Morgan fingerprint density at radius 2 is 1.95 bits per heavy atom. The van der Waals surface area contributed by atoms with E-state index in [9.17, 15) is 4.79 Å². The molecule has 2 atom stereocenters. The van der Waals surface area contributed by atoms with Gasteiger partial charge in [0.15, 0.2) is 0 Å². The minimum absolute atomic E-state index is 0.0394. The molecular formula is C16H32N2O. The number of hydrogen-bond acceptors (Lipinski definition) is 3. The third kappa shape index (κ3) is 6.05. The van der Waals surface area contributed by atoms with Gasteiger partial charge in [-0.05, 0) is 38.3 Å². The molecule has 0 spiro atoms. The summed E-state index contributed by atoms with van der Waals surface area (Å²) in [6.45, 7) is 2.99. The highest BCUT2D eigenvalue weighted by Gasteiger charge is 2.24. The Morgan fingerprint density at radius 1 is 1.26 bits per heavy atom. The molecule has 19 heavy (non-hydrogen) atoms. The van der Waals surface area contributed by atoms with E-state index in [4.69, 9.17) is 5.73 Å². The van der Waals surface area contributed by atoms with Gasteiger partial charge >= 0.3 is 0 Å². The summed E-state index contributed by atoms with van der Waals surface area (Å²) in [6.07, 6.45) is 10.5. The second-order valence-corrected chi connectivity index (χ2v) is 6.17. The fraction of sp³-hybridized carbons (Fsp3) is 0.938. The number of hydrogen-bond donors (Lipinski definition) is 2. The average Bonchev–Trinajstić information content (AvgIpc) is 2.44. The van der Waals surface area contributed by atoms with Crippen LogP contribution in [0.25, 0.3) is 0 Å². The van der Waals surface area contributed by atoms with Crippen molar-refractivity contribution in [2.24, 2.45) is 17.6 Å².